The molecule has 0 aliphatic carbocycles. The van der Waals surface area contributed by atoms with Gasteiger partial charge in [-0.05, 0) is 30.3 Å². The van der Waals surface area contributed by atoms with Crippen LogP contribution >= 0.6 is 0 Å². The first-order valence-corrected chi connectivity index (χ1v) is 6.26. The molecule has 3 N–H and O–H groups in total. The lowest BCUT2D eigenvalue weighted by molar-refractivity contribution is 0.0693. The number of carbonyl (C=O) groups excluding carboxylic acids is 2. The van der Waals surface area contributed by atoms with Crippen molar-refractivity contribution in [2.45, 2.75) is 0 Å². The molecule has 106 valence electrons. The molecule has 0 spiro atoms. The molecule has 0 atom stereocenters. The Morgan fingerprint density at radius 1 is 1.10 bits per heavy atom. The van der Waals surface area contributed by atoms with Crippen LogP contribution in [0.4, 0.5) is 21.5 Å². The van der Waals surface area contributed by atoms with Crippen LogP contribution in [-0.4, -0.2) is 23.8 Å². The predicted octanol–water partition coefficient (Wildman–Crippen LogP) is 2.38. The van der Waals surface area contributed by atoms with E-state index in [-0.39, 0.29) is 17.5 Å². The van der Waals surface area contributed by atoms with Crippen molar-refractivity contribution in [3.05, 3.63) is 53.3 Å². The van der Waals surface area contributed by atoms with E-state index >= 15 is 0 Å². The Morgan fingerprint density at radius 2 is 1.81 bits per heavy atom. The summed E-state index contributed by atoms with van der Waals surface area (Å²) in [6, 6.07) is 9.20. The Labute approximate surface area is 120 Å². The fourth-order valence-electron chi connectivity index (χ4n) is 2.24. The van der Waals surface area contributed by atoms with Crippen molar-refractivity contribution in [1.29, 1.82) is 0 Å². The van der Waals surface area contributed by atoms with Crippen LogP contribution in [0.25, 0.3) is 0 Å². The van der Waals surface area contributed by atoms with Gasteiger partial charge in [-0.2, -0.15) is 0 Å². The quantitative estimate of drug-likeness (QED) is 0.656. The zero-order valence-corrected chi connectivity index (χ0v) is 11.2. The minimum absolute atomic E-state index is 0.00230. The molecule has 21 heavy (non-hydrogen) atoms. The average Bonchev–Trinajstić information content (AvgIpc) is 2.69. The van der Waals surface area contributed by atoms with Crippen molar-refractivity contribution in [2.24, 2.45) is 0 Å². The Morgan fingerprint density at radius 3 is 2.57 bits per heavy atom. The van der Waals surface area contributed by atoms with Gasteiger partial charge in [0.15, 0.2) is 0 Å². The van der Waals surface area contributed by atoms with Crippen molar-refractivity contribution < 1.29 is 14.0 Å². The number of hydrogen-bond donors (Lipinski definition) is 2. The zero-order chi connectivity index (χ0) is 15.1. The maximum atomic E-state index is 13.4. The molecule has 0 aromatic heterocycles. The van der Waals surface area contributed by atoms with Crippen LogP contribution in [0.15, 0.2) is 36.4 Å². The van der Waals surface area contributed by atoms with Gasteiger partial charge in [0.25, 0.3) is 11.8 Å². The van der Waals surface area contributed by atoms with Gasteiger partial charge in [0, 0.05) is 12.7 Å². The molecule has 6 heteroatoms. The van der Waals surface area contributed by atoms with Gasteiger partial charge < -0.3 is 11.1 Å². The predicted molar refractivity (Wildman–Crippen MR) is 77.0 cm³/mol. The summed E-state index contributed by atoms with van der Waals surface area (Å²) in [7, 11) is 1.43. The first-order chi connectivity index (χ1) is 9.99. The highest BCUT2D eigenvalue weighted by atomic mass is 19.1. The number of amides is 2. The molecular weight excluding hydrogens is 273 g/mol. The van der Waals surface area contributed by atoms with Crippen LogP contribution in [-0.2, 0) is 0 Å². The normalized spacial score (nSPS) is 13.5. The Bertz CT molecular complexity index is 774. The van der Waals surface area contributed by atoms with Crippen molar-refractivity contribution in [3.63, 3.8) is 0 Å². The monoisotopic (exact) mass is 285 g/mol. The molecule has 0 radical (unpaired) electrons. The Hall–Kier alpha value is -2.89. The molecular formula is C15H12FN3O2. The summed E-state index contributed by atoms with van der Waals surface area (Å²) in [5, 5.41) is 2.95. The maximum Gasteiger partial charge on any atom is 0.261 e. The van der Waals surface area contributed by atoms with Crippen molar-refractivity contribution in [3.8, 4) is 0 Å². The van der Waals surface area contributed by atoms with E-state index in [4.69, 9.17) is 5.73 Å². The van der Waals surface area contributed by atoms with Gasteiger partial charge in [0.2, 0.25) is 0 Å². The number of nitrogen functional groups attached to an aromatic ring is 1. The molecule has 0 unspecified atom stereocenters. The first-order valence-electron chi connectivity index (χ1n) is 6.26. The maximum absolute atomic E-state index is 13.4. The van der Waals surface area contributed by atoms with Crippen LogP contribution in [0, 0.1) is 5.82 Å². The third-order valence-corrected chi connectivity index (χ3v) is 3.42. The van der Waals surface area contributed by atoms with Gasteiger partial charge >= 0.3 is 0 Å². The van der Waals surface area contributed by atoms with E-state index in [0.717, 1.165) is 4.90 Å². The number of para-hydroxylation sites is 1. The van der Waals surface area contributed by atoms with Gasteiger partial charge in [-0.15, -0.1) is 0 Å². The van der Waals surface area contributed by atoms with E-state index in [9.17, 15) is 14.0 Å². The summed E-state index contributed by atoms with van der Waals surface area (Å²) < 4.78 is 13.4. The summed E-state index contributed by atoms with van der Waals surface area (Å²) in [6.07, 6.45) is 0. The molecule has 2 aromatic carbocycles. The van der Waals surface area contributed by atoms with E-state index in [2.05, 4.69) is 5.32 Å². The van der Waals surface area contributed by atoms with Crippen LogP contribution in [0.3, 0.4) is 0 Å². The Balaban J connectivity index is 1.98. The second kappa shape index (κ2) is 4.59. The molecule has 1 heterocycles. The van der Waals surface area contributed by atoms with Gasteiger partial charge in [0.1, 0.15) is 5.82 Å². The van der Waals surface area contributed by atoms with Gasteiger partial charge in [-0.25, -0.2) is 4.39 Å². The highest BCUT2D eigenvalue weighted by Gasteiger charge is 2.32. The number of halogens is 1. The molecule has 0 saturated heterocycles. The lowest BCUT2D eigenvalue weighted by Gasteiger charge is -2.10. The largest absolute Gasteiger partial charge is 0.395 e. The number of benzene rings is 2. The van der Waals surface area contributed by atoms with Crippen LogP contribution in [0.5, 0.6) is 0 Å². The highest BCUT2D eigenvalue weighted by Crippen LogP contribution is 2.29. The summed E-state index contributed by atoms with van der Waals surface area (Å²) in [5.41, 5.74) is 7.29. The molecule has 2 amide bonds. The van der Waals surface area contributed by atoms with Crippen LogP contribution < -0.4 is 11.1 Å². The number of anilines is 3. The van der Waals surface area contributed by atoms with E-state index < -0.39 is 5.82 Å². The van der Waals surface area contributed by atoms with Gasteiger partial charge in [-0.1, -0.05) is 6.07 Å². The molecule has 1 aliphatic heterocycles. The standard InChI is InChI=1S/C15H12FN3O2/c1-19-14(20)9-6-5-8(7-10(9)15(19)21)18-12-4-2-3-11(16)13(12)17/h2-7,18H,17H2,1H3. The number of fused-ring (bicyclic) bond motifs is 1. The van der Waals surface area contributed by atoms with Gasteiger partial charge in [0.05, 0.1) is 22.5 Å². The minimum Gasteiger partial charge on any atom is -0.395 e. The van der Waals surface area contributed by atoms with E-state index in [0.29, 0.717) is 22.5 Å². The number of nitrogens with zero attached hydrogens (tertiary/aromatic N) is 1. The van der Waals surface area contributed by atoms with Crippen molar-refractivity contribution in [2.75, 3.05) is 18.1 Å². The number of rotatable bonds is 2. The SMILES string of the molecule is CN1C(=O)c2ccc(Nc3cccc(F)c3N)cc2C1=O. The number of hydrogen-bond acceptors (Lipinski definition) is 4. The lowest BCUT2D eigenvalue weighted by Crippen LogP contribution is -2.24. The lowest BCUT2D eigenvalue weighted by atomic mass is 10.1. The second-order valence-corrected chi connectivity index (χ2v) is 4.76. The zero-order valence-electron chi connectivity index (χ0n) is 11.2. The molecule has 0 fully saturated rings. The third kappa shape index (κ3) is 2.01. The fourth-order valence-corrected chi connectivity index (χ4v) is 2.24. The second-order valence-electron chi connectivity index (χ2n) is 4.76. The third-order valence-electron chi connectivity index (χ3n) is 3.42. The van der Waals surface area contributed by atoms with Gasteiger partial charge in [-0.3, -0.25) is 14.5 Å². The molecule has 0 saturated carbocycles. The number of nitrogens with one attached hydrogen (secondary N) is 1. The van der Waals surface area contributed by atoms with Crippen LogP contribution in [0.2, 0.25) is 0 Å². The molecule has 3 rings (SSSR count). The summed E-state index contributed by atoms with van der Waals surface area (Å²) in [4.78, 5) is 24.8. The Kier molecular flexibility index (Phi) is 2.86. The number of carbonyl (C=O) groups is 2. The van der Waals surface area contributed by atoms with E-state index in [1.165, 1.54) is 19.2 Å². The van der Waals surface area contributed by atoms with Crippen molar-refractivity contribution >= 4 is 28.9 Å². The molecule has 5 nitrogen and oxygen atoms in total. The molecule has 1 aliphatic rings. The number of imide groups is 1. The smallest absolute Gasteiger partial charge is 0.261 e. The average molecular weight is 285 g/mol. The van der Waals surface area contributed by atoms with Crippen LogP contribution in [0.1, 0.15) is 20.7 Å². The summed E-state index contributed by atoms with van der Waals surface area (Å²) >= 11 is 0. The number of nitrogens with two attached hydrogens (primary N) is 1. The summed E-state index contributed by atoms with van der Waals surface area (Å²) in [5.74, 6) is -1.20. The van der Waals surface area contributed by atoms with Crippen molar-refractivity contribution in [1.82, 2.24) is 4.90 Å². The fraction of sp³-hybridized carbons (Fsp3) is 0.0667. The summed E-state index contributed by atoms with van der Waals surface area (Å²) in [6.45, 7) is 0. The first kappa shape index (κ1) is 13.1. The minimum atomic E-state index is -0.521. The highest BCUT2D eigenvalue weighted by molar-refractivity contribution is 6.21. The van der Waals surface area contributed by atoms with E-state index in [1.807, 2.05) is 0 Å². The molecule has 0 bridgehead atoms. The molecule has 2 aromatic rings. The van der Waals surface area contributed by atoms with E-state index in [1.54, 1.807) is 24.3 Å². The topological polar surface area (TPSA) is 75.4 Å².